The van der Waals surface area contributed by atoms with E-state index in [-0.39, 0.29) is 7.92 Å². The summed E-state index contributed by atoms with van der Waals surface area (Å²) in [4.78, 5) is 0. The largest absolute Gasteiger partial charge is 0.317 e. The quantitative estimate of drug-likeness (QED) is 0.851. The highest BCUT2D eigenvalue weighted by Gasteiger charge is 2.09. The first-order valence-corrected chi connectivity index (χ1v) is 9.03. The van der Waals surface area contributed by atoms with Gasteiger partial charge in [-0.05, 0) is 50.6 Å². The van der Waals surface area contributed by atoms with Gasteiger partial charge in [0.1, 0.15) is 0 Å². The van der Waals surface area contributed by atoms with E-state index in [9.17, 15) is 0 Å². The number of benzene rings is 2. The van der Waals surface area contributed by atoms with Crippen molar-refractivity contribution in [2.24, 2.45) is 0 Å². The molecule has 0 spiro atoms. The lowest BCUT2D eigenvalue weighted by Gasteiger charge is -2.16. The molecule has 0 bridgehead atoms. The summed E-state index contributed by atoms with van der Waals surface area (Å²) in [6.45, 7) is 4.77. The Bertz CT molecular complexity index is 418. The van der Waals surface area contributed by atoms with Crippen molar-refractivity contribution < 1.29 is 0 Å². The summed E-state index contributed by atoms with van der Waals surface area (Å²) in [5.41, 5.74) is 0. The van der Waals surface area contributed by atoms with Crippen molar-refractivity contribution in [3.05, 3.63) is 60.7 Å². The highest BCUT2D eigenvalue weighted by molar-refractivity contribution is 7.72. The van der Waals surface area contributed by atoms with E-state index in [2.05, 4.69) is 72.9 Å². The van der Waals surface area contributed by atoms with Gasteiger partial charge in [-0.25, -0.2) is 0 Å². The van der Waals surface area contributed by atoms with Gasteiger partial charge in [-0.3, -0.25) is 0 Å². The van der Waals surface area contributed by atoms with Gasteiger partial charge in [0.2, 0.25) is 0 Å². The molecule has 0 aromatic heterocycles. The minimum Gasteiger partial charge on any atom is -0.317 e. The van der Waals surface area contributed by atoms with Crippen molar-refractivity contribution in [1.29, 1.82) is 0 Å². The lowest BCUT2D eigenvalue weighted by Crippen LogP contribution is -2.12. The molecule has 0 radical (unpaired) electrons. The fourth-order valence-electron chi connectivity index (χ4n) is 2.36. The van der Waals surface area contributed by atoms with Gasteiger partial charge in [-0.1, -0.05) is 67.6 Å². The van der Waals surface area contributed by atoms with Crippen LogP contribution in [0.5, 0.6) is 0 Å². The lowest BCUT2D eigenvalue weighted by atomic mass is 10.4. The number of rotatable bonds is 3. The van der Waals surface area contributed by atoms with Crippen LogP contribution in [0.2, 0.25) is 0 Å². The topological polar surface area (TPSA) is 12.0 Å². The van der Waals surface area contributed by atoms with E-state index in [1.807, 2.05) is 0 Å². The average molecular weight is 285 g/mol. The first kappa shape index (κ1) is 15.2. The van der Waals surface area contributed by atoms with Gasteiger partial charge < -0.3 is 5.32 Å². The smallest absolute Gasteiger partial charge is 0.00484 e. The van der Waals surface area contributed by atoms with Gasteiger partial charge in [0, 0.05) is 0 Å². The van der Waals surface area contributed by atoms with Crippen LogP contribution in [0.3, 0.4) is 0 Å². The van der Waals surface area contributed by atoms with Crippen molar-refractivity contribution in [3.8, 4) is 0 Å². The second kappa shape index (κ2) is 8.89. The molecule has 1 aliphatic heterocycles. The minimum absolute atomic E-state index is 0.149. The average Bonchev–Trinajstić information content (AvgIpc) is 3.10. The zero-order valence-corrected chi connectivity index (χ0v) is 13.2. The fraction of sp³-hybridized carbons (Fsp3) is 0.333. The number of hydrogen-bond acceptors (Lipinski definition) is 1. The van der Waals surface area contributed by atoms with Crippen molar-refractivity contribution in [2.75, 3.05) is 19.3 Å². The van der Waals surface area contributed by atoms with Gasteiger partial charge in [-0.15, -0.1) is 0 Å². The van der Waals surface area contributed by atoms with Crippen LogP contribution >= 0.6 is 7.92 Å². The molecule has 0 saturated carbocycles. The summed E-state index contributed by atoms with van der Waals surface area (Å²) in [6, 6.07) is 21.6. The third-order valence-electron chi connectivity index (χ3n) is 3.41. The summed E-state index contributed by atoms with van der Waals surface area (Å²) in [5, 5.41) is 6.17. The molecule has 2 aromatic rings. The Morgan fingerprint density at radius 3 is 1.55 bits per heavy atom. The lowest BCUT2D eigenvalue weighted by molar-refractivity contribution is 0.857. The molecule has 0 unspecified atom stereocenters. The van der Waals surface area contributed by atoms with Gasteiger partial charge >= 0.3 is 0 Å². The third kappa shape index (κ3) is 4.74. The molecule has 2 heteroatoms. The maximum atomic E-state index is 3.22. The Morgan fingerprint density at radius 2 is 1.25 bits per heavy atom. The summed E-state index contributed by atoms with van der Waals surface area (Å²) in [7, 11) is -0.149. The van der Waals surface area contributed by atoms with E-state index >= 15 is 0 Å². The SMILES string of the molecule is C1CCNC1.CCP(c1ccccc1)c1ccccc1. The maximum absolute atomic E-state index is 3.22. The molecule has 1 nitrogen and oxygen atoms in total. The highest BCUT2D eigenvalue weighted by Crippen LogP contribution is 2.32. The molecule has 3 rings (SSSR count). The van der Waals surface area contributed by atoms with E-state index in [1.54, 1.807) is 0 Å². The zero-order chi connectivity index (χ0) is 14.0. The highest BCUT2D eigenvalue weighted by atomic mass is 31.1. The van der Waals surface area contributed by atoms with Crippen LogP contribution in [-0.2, 0) is 0 Å². The Morgan fingerprint density at radius 1 is 0.800 bits per heavy atom. The van der Waals surface area contributed by atoms with Crippen molar-refractivity contribution in [1.82, 2.24) is 5.32 Å². The first-order valence-electron chi connectivity index (χ1n) is 7.50. The van der Waals surface area contributed by atoms with E-state index in [1.165, 1.54) is 42.7 Å². The molecule has 2 aromatic carbocycles. The number of hydrogen-bond donors (Lipinski definition) is 1. The zero-order valence-electron chi connectivity index (χ0n) is 12.3. The van der Waals surface area contributed by atoms with Crippen molar-refractivity contribution in [2.45, 2.75) is 19.8 Å². The monoisotopic (exact) mass is 285 g/mol. The van der Waals surface area contributed by atoms with Gasteiger partial charge in [0.25, 0.3) is 0 Å². The molecule has 20 heavy (non-hydrogen) atoms. The molecular weight excluding hydrogens is 261 g/mol. The summed E-state index contributed by atoms with van der Waals surface area (Å²) >= 11 is 0. The first-order chi connectivity index (χ1) is 9.92. The van der Waals surface area contributed by atoms with Gasteiger partial charge in [-0.2, -0.15) is 0 Å². The minimum atomic E-state index is -0.149. The molecule has 1 N–H and O–H groups in total. The third-order valence-corrected chi connectivity index (χ3v) is 5.88. The Balaban J connectivity index is 0.000000247. The molecule has 106 valence electrons. The summed E-state index contributed by atoms with van der Waals surface area (Å²) in [6.07, 6.45) is 3.99. The number of nitrogens with one attached hydrogen (secondary N) is 1. The van der Waals surface area contributed by atoms with E-state index < -0.39 is 0 Å². The van der Waals surface area contributed by atoms with E-state index in [0.29, 0.717) is 0 Å². The molecule has 1 heterocycles. The van der Waals surface area contributed by atoms with Gasteiger partial charge in [0.05, 0.1) is 0 Å². The van der Waals surface area contributed by atoms with Gasteiger partial charge in [0.15, 0.2) is 0 Å². The van der Waals surface area contributed by atoms with Crippen LogP contribution < -0.4 is 15.9 Å². The maximum Gasteiger partial charge on any atom is -0.00484 e. The standard InChI is InChI=1S/C14H15P.C4H9N/c1-2-15(13-9-5-3-6-10-13)14-11-7-4-8-12-14;1-2-4-5-3-1/h3-12H,2H2,1H3;5H,1-4H2. The van der Waals surface area contributed by atoms with Crippen molar-refractivity contribution in [3.63, 3.8) is 0 Å². The Hall–Kier alpha value is -1.17. The van der Waals surface area contributed by atoms with Crippen LogP contribution in [0.25, 0.3) is 0 Å². The van der Waals surface area contributed by atoms with Crippen LogP contribution in [0.1, 0.15) is 19.8 Å². The molecule has 0 amide bonds. The fourth-order valence-corrected chi connectivity index (χ4v) is 4.45. The summed E-state index contributed by atoms with van der Waals surface area (Å²) < 4.78 is 0. The molecule has 0 atom stereocenters. The molecular formula is C18H24NP. The molecule has 1 aliphatic rings. The van der Waals surface area contributed by atoms with E-state index in [4.69, 9.17) is 0 Å². The predicted octanol–water partition coefficient (Wildman–Crippen LogP) is 3.51. The molecule has 1 saturated heterocycles. The second-order valence-corrected chi connectivity index (χ2v) is 7.39. The Kier molecular flexibility index (Phi) is 6.77. The molecule has 0 aliphatic carbocycles. The van der Waals surface area contributed by atoms with Crippen molar-refractivity contribution >= 4 is 18.5 Å². The summed E-state index contributed by atoms with van der Waals surface area (Å²) in [5.74, 6) is 0. The van der Waals surface area contributed by atoms with Crippen LogP contribution in [0.15, 0.2) is 60.7 Å². The van der Waals surface area contributed by atoms with Crippen LogP contribution in [0, 0.1) is 0 Å². The van der Waals surface area contributed by atoms with Crippen LogP contribution in [-0.4, -0.2) is 19.3 Å². The Labute approximate surface area is 124 Å². The van der Waals surface area contributed by atoms with Crippen LogP contribution in [0.4, 0.5) is 0 Å². The van der Waals surface area contributed by atoms with E-state index in [0.717, 1.165) is 0 Å². The molecule has 1 fully saturated rings. The normalized spacial score (nSPS) is 13.9. The predicted molar refractivity (Wildman–Crippen MR) is 91.7 cm³/mol. The second-order valence-electron chi connectivity index (χ2n) is 4.87.